The molecule has 0 unspecified atom stereocenters. The van der Waals surface area contributed by atoms with E-state index in [0.29, 0.717) is 29.9 Å². The van der Waals surface area contributed by atoms with Crippen LogP contribution in [0.25, 0.3) is 22.3 Å². The van der Waals surface area contributed by atoms with Gasteiger partial charge in [-0.3, -0.25) is 9.59 Å². The summed E-state index contributed by atoms with van der Waals surface area (Å²) in [5.74, 6) is -0.0966. The molecule has 32 heavy (non-hydrogen) atoms. The number of benzene rings is 3. The molecule has 0 radical (unpaired) electrons. The van der Waals surface area contributed by atoms with Gasteiger partial charge in [0.15, 0.2) is 0 Å². The molecular weight excluding hydrogens is 398 g/mol. The predicted octanol–water partition coefficient (Wildman–Crippen LogP) is 5.22. The topological polar surface area (TPSA) is 64.0 Å². The number of nitrogens with zero attached hydrogens (tertiary/aromatic N) is 2. The van der Waals surface area contributed by atoms with Crippen molar-refractivity contribution in [3.63, 3.8) is 0 Å². The van der Waals surface area contributed by atoms with Crippen LogP contribution in [-0.2, 0) is 24.2 Å². The zero-order chi connectivity index (χ0) is 22.5. The van der Waals surface area contributed by atoms with Gasteiger partial charge in [0, 0.05) is 18.5 Å². The van der Waals surface area contributed by atoms with Crippen LogP contribution in [0.2, 0.25) is 0 Å². The van der Waals surface area contributed by atoms with Crippen LogP contribution in [0.5, 0.6) is 0 Å². The second-order valence-corrected chi connectivity index (χ2v) is 7.78. The van der Waals surface area contributed by atoms with Crippen molar-refractivity contribution in [1.29, 1.82) is 0 Å². The maximum atomic E-state index is 13.7. The molecule has 4 rings (SSSR count). The molecule has 1 amide bonds. The van der Waals surface area contributed by atoms with E-state index in [-0.39, 0.29) is 11.5 Å². The van der Waals surface area contributed by atoms with Gasteiger partial charge in [0.05, 0.1) is 16.7 Å². The number of fused-ring (bicyclic) bond motifs is 1. The molecule has 162 valence electrons. The van der Waals surface area contributed by atoms with Crippen molar-refractivity contribution in [1.82, 2.24) is 9.55 Å². The Morgan fingerprint density at radius 1 is 0.938 bits per heavy atom. The van der Waals surface area contributed by atoms with Crippen molar-refractivity contribution in [2.24, 2.45) is 0 Å². The fourth-order valence-electron chi connectivity index (χ4n) is 3.83. The van der Waals surface area contributed by atoms with E-state index >= 15 is 0 Å². The average Bonchev–Trinajstić information content (AvgIpc) is 2.84. The number of anilines is 1. The Bertz CT molecular complexity index is 1310. The van der Waals surface area contributed by atoms with Gasteiger partial charge in [0.1, 0.15) is 5.69 Å². The van der Waals surface area contributed by atoms with Gasteiger partial charge < -0.3 is 9.88 Å². The first-order valence-electron chi connectivity index (χ1n) is 11.1. The maximum absolute atomic E-state index is 13.7. The molecule has 0 aliphatic heterocycles. The lowest BCUT2D eigenvalue weighted by molar-refractivity contribution is -0.115. The smallest absolute Gasteiger partial charge is 0.277 e. The number of hydrogen-bond acceptors (Lipinski definition) is 3. The van der Waals surface area contributed by atoms with E-state index in [0.717, 1.165) is 29.4 Å². The summed E-state index contributed by atoms with van der Waals surface area (Å²) in [6.07, 6.45) is 1.93. The minimum atomic E-state index is -0.153. The van der Waals surface area contributed by atoms with E-state index < -0.39 is 0 Å². The molecule has 5 nitrogen and oxygen atoms in total. The Labute approximate surface area is 187 Å². The van der Waals surface area contributed by atoms with Gasteiger partial charge in [0.2, 0.25) is 5.91 Å². The Morgan fingerprint density at radius 3 is 2.44 bits per heavy atom. The van der Waals surface area contributed by atoms with Crippen LogP contribution in [0.15, 0.2) is 77.6 Å². The predicted molar refractivity (Wildman–Crippen MR) is 130 cm³/mol. The van der Waals surface area contributed by atoms with Gasteiger partial charge >= 0.3 is 0 Å². The van der Waals surface area contributed by atoms with Gasteiger partial charge in [-0.15, -0.1) is 0 Å². The Kier molecular flexibility index (Phi) is 6.45. The van der Waals surface area contributed by atoms with E-state index in [4.69, 9.17) is 4.98 Å². The number of para-hydroxylation sites is 2. The van der Waals surface area contributed by atoms with Crippen molar-refractivity contribution in [2.45, 2.75) is 39.7 Å². The Balaban J connectivity index is 1.87. The number of aryl methyl sites for hydroxylation is 3. The van der Waals surface area contributed by atoms with E-state index in [9.17, 15) is 9.59 Å². The van der Waals surface area contributed by atoms with Crippen LogP contribution >= 0.6 is 0 Å². The summed E-state index contributed by atoms with van der Waals surface area (Å²) in [4.78, 5) is 30.6. The van der Waals surface area contributed by atoms with Gasteiger partial charge in [-0.05, 0) is 48.2 Å². The third-order valence-electron chi connectivity index (χ3n) is 5.66. The summed E-state index contributed by atoms with van der Waals surface area (Å²) in [5, 5.41) is 2.94. The van der Waals surface area contributed by atoms with Crippen LogP contribution in [0.3, 0.4) is 0 Å². The number of hydrogen-bond donors (Lipinski definition) is 1. The zero-order valence-corrected chi connectivity index (χ0v) is 18.5. The molecule has 1 heterocycles. The third kappa shape index (κ3) is 4.47. The monoisotopic (exact) mass is 425 g/mol. The van der Waals surface area contributed by atoms with E-state index in [1.807, 2.05) is 60.7 Å². The second kappa shape index (κ2) is 9.60. The lowest BCUT2D eigenvalue weighted by atomic mass is 10.0. The highest BCUT2D eigenvalue weighted by molar-refractivity contribution is 5.95. The van der Waals surface area contributed by atoms with Crippen molar-refractivity contribution >= 4 is 22.6 Å². The van der Waals surface area contributed by atoms with Gasteiger partial charge in [-0.1, -0.05) is 62.4 Å². The van der Waals surface area contributed by atoms with E-state index in [1.54, 1.807) is 11.5 Å². The lowest BCUT2D eigenvalue weighted by Gasteiger charge is -2.16. The summed E-state index contributed by atoms with van der Waals surface area (Å²) in [7, 11) is 0. The summed E-state index contributed by atoms with van der Waals surface area (Å²) in [5.41, 5.74) is 5.30. The molecular formula is C27H27N3O2. The fourth-order valence-corrected chi connectivity index (χ4v) is 3.83. The van der Waals surface area contributed by atoms with Crippen molar-refractivity contribution in [3.8, 4) is 11.3 Å². The molecule has 4 aromatic rings. The summed E-state index contributed by atoms with van der Waals surface area (Å²) in [6, 6.07) is 23.6. The van der Waals surface area contributed by atoms with E-state index in [1.165, 1.54) is 5.56 Å². The maximum Gasteiger partial charge on any atom is 0.277 e. The highest BCUT2D eigenvalue weighted by Crippen LogP contribution is 2.28. The molecule has 0 atom stereocenters. The minimum Gasteiger partial charge on any atom is -0.325 e. The molecule has 0 aliphatic carbocycles. The minimum absolute atomic E-state index is 0.0966. The normalized spacial score (nSPS) is 10.9. The first-order valence-corrected chi connectivity index (χ1v) is 11.1. The summed E-state index contributed by atoms with van der Waals surface area (Å²) in [6.45, 7) is 4.42. The molecule has 0 spiro atoms. The number of amides is 1. The number of aromatic nitrogens is 2. The molecule has 0 fully saturated rings. The van der Waals surface area contributed by atoms with Crippen molar-refractivity contribution in [2.75, 3.05) is 5.32 Å². The van der Waals surface area contributed by atoms with Crippen LogP contribution in [0, 0.1) is 0 Å². The highest BCUT2D eigenvalue weighted by atomic mass is 16.1. The van der Waals surface area contributed by atoms with Crippen LogP contribution in [0.4, 0.5) is 5.69 Å². The summed E-state index contributed by atoms with van der Waals surface area (Å²) < 4.78 is 1.80. The van der Waals surface area contributed by atoms with Crippen LogP contribution < -0.4 is 10.9 Å². The highest BCUT2D eigenvalue weighted by Gasteiger charge is 2.17. The van der Waals surface area contributed by atoms with Crippen LogP contribution in [-0.4, -0.2) is 15.5 Å². The summed E-state index contributed by atoms with van der Waals surface area (Å²) >= 11 is 0. The first kappa shape index (κ1) is 21.5. The van der Waals surface area contributed by atoms with Crippen molar-refractivity contribution < 1.29 is 4.79 Å². The number of carbonyl (C=O) groups is 1. The van der Waals surface area contributed by atoms with Gasteiger partial charge in [-0.25, -0.2) is 4.98 Å². The second-order valence-electron chi connectivity index (χ2n) is 7.78. The standard InChI is InChI=1S/C27H27N3O2/c1-3-19-14-15-22(28-25(31)4-2)21(18-19)26-27(32)30(17-16-20-10-6-5-7-11-20)24-13-9-8-12-23(24)29-26/h5-15,18H,3-4,16-17H2,1-2H3,(H,28,31). The molecule has 3 aromatic carbocycles. The van der Waals surface area contributed by atoms with Crippen LogP contribution in [0.1, 0.15) is 31.4 Å². The number of rotatable bonds is 7. The largest absolute Gasteiger partial charge is 0.325 e. The SMILES string of the molecule is CCC(=O)Nc1ccc(CC)cc1-c1nc2ccccc2n(CCc2ccccc2)c1=O. The molecule has 0 saturated heterocycles. The van der Waals surface area contributed by atoms with Crippen molar-refractivity contribution in [3.05, 3.63) is 94.3 Å². The Hall–Kier alpha value is -3.73. The fraction of sp³-hybridized carbons (Fsp3) is 0.222. The van der Waals surface area contributed by atoms with Gasteiger partial charge in [-0.2, -0.15) is 0 Å². The lowest BCUT2D eigenvalue weighted by Crippen LogP contribution is -2.25. The molecule has 1 N–H and O–H groups in total. The molecule has 5 heteroatoms. The molecule has 0 saturated carbocycles. The van der Waals surface area contributed by atoms with Gasteiger partial charge in [0.25, 0.3) is 5.56 Å². The molecule has 0 bridgehead atoms. The number of carbonyl (C=O) groups excluding carboxylic acids is 1. The first-order chi connectivity index (χ1) is 15.6. The third-order valence-corrected chi connectivity index (χ3v) is 5.66. The molecule has 0 aliphatic rings. The Morgan fingerprint density at radius 2 is 1.69 bits per heavy atom. The zero-order valence-electron chi connectivity index (χ0n) is 18.5. The average molecular weight is 426 g/mol. The number of nitrogens with one attached hydrogen (secondary N) is 1. The quantitative estimate of drug-likeness (QED) is 0.442. The molecule has 1 aromatic heterocycles. The van der Waals surface area contributed by atoms with E-state index in [2.05, 4.69) is 24.4 Å².